The van der Waals surface area contributed by atoms with Crippen molar-refractivity contribution in [3.05, 3.63) is 64.8 Å². The molecule has 1 heteroatoms. The van der Waals surface area contributed by atoms with E-state index < -0.39 is 0 Å². The van der Waals surface area contributed by atoms with Gasteiger partial charge < -0.3 is 0 Å². The van der Waals surface area contributed by atoms with E-state index in [4.69, 9.17) is 0 Å². The summed E-state index contributed by atoms with van der Waals surface area (Å²) in [6.45, 7) is 10.5. The van der Waals surface area contributed by atoms with Crippen LogP contribution < -0.4 is 0 Å². The van der Waals surface area contributed by atoms with E-state index in [-0.39, 0.29) is 0 Å². The van der Waals surface area contributed by atoms with Gasteiger partial charge in [0.25, 0.3) is 0 Å². The second kappa shape index (κ2) is 9.47. The maximum atomic E-state index is 2.78. The van der Waals surface area contributed by atoms with Crippen LogP contribution in [0, 0.1) is 11.8 Å². The third-order valence-corrected chi connectivity index (χ3v) is 7.55. The first kappa shape index (κ1) is 20.7. The standard InChI is InChI=1S/C28H39N/c1-4-10-24-17-26(28-14-9-8-13-27(24)28)20-29(18-23-11-6-5-7-12-23)19-25-16-15-21(2)22(25)3/h8-9,13-17,22-24H,4-7,10-12,18-20H2,1-3H3. The zero-order valence-corrected chi connectivity index (χ0v) is 18.8. The minimum absolute atomic E-state index is 0.613. The molecule has 3 aliphatic rings. The van der Waals surface area contributed by atoms with Crippen molar-refractivity contribution in [1.82, 2.24) is 4.90 Å². The van der Waals surface area contributed by atoms with Crippen molar-refractivity contribution in [3.63, 3.8) is 0 Å². The summed E-state index contributed by atoms with van der Waals surface area (Å²) in [4.78, 5) is 2.78. The fourth-order valence-corrected chi connectivity index (χ4v) is 5.65. The minimum atomic E-state index is 0.613. The normalized spacial score (nSPS) is 24.5. The van der Waals surface area contributed by atoms with Crippen molar-refractivity contribution in [2.75, 3.05) is 19.6 Å². The average Bonchev–Trinajstić information content (AvgIpc) is 3.24. The van der Waals surface area contributed by atoms with Crippen LogP contribution in [0.4, 0.5) is 0 Å². The van der Waals surface area contributed by atoms with Crippen LogP contribution in [0.25, 0.3) is 5.57 Å². The van der Waals surface area contributed by atoms with Gasteiger partial charge in [0.2, 0.25) is 0 Å². The first-order valence-electron chi connectivity index (χ1n) is 12.0. The highest BCUT2D eigenvalue weighted by Crippen LogP contribution is 2.39. The minimum Gasteiger partial charge on any atom is -0.295 e. The molecule has 29 heavy (non-hydrogen) atoms. The third-order valence-electron chi connectivity index (χ3n) is 7.55. The van der Waals surface area contributed by atoms with Crippen LogP contribution in [-0.2, 0) is 0 Å². The molecule has 0 heterocycles. The molecule has 1 fully saturated rings. The fraction of sp³-hybridized carbons (Fsp3) is 0.571. The van der Waals surface area contributed by atoms with Gasteiger partial charge in [-0.05, 0) is 60.3 Å². The zero-order valence-electron chi connectivity index (χ0n) is 18.8. The molecule has 3 aliphatic carbocycles. The Labute approximate surface area is 178 Å². The van der Waals surface area contributed by atoms with E-state index in [9.17, 15) is 0 Å². The number of fused-ring (bicyclic) bond motifs is 1. The van der Waals surface area contributed by atoms with Gasteiger partial charge in [-0.15, -0.1) is 0 Å². The van der Waals surface area contributed by atoms with Gasteiger partial charge in [-0.1, -0.05) is 87.6 Å². The Kier molecular flexibility index (Phi) is 6.75. The quantitative estimate of drug-likeness (QED) is 0.448. The Bertz CT molecular complexity index is 790. The number of nitrogens with zero attached hydrogens (tertiary/aromatic N) is 1. The number of hydrogen-bond donors (Lipinski definition) is 0. The Hall–Kier alpha value is -1.60. The van der Waals surface area contributed by atoms with Gasteiger partial charge in [0.1, 0.15) is 0 Å². The van der Waals surface area contributed by atoms with E-state index in [0.717, 1.165) is 19.0 Å². The van der Waals surface area contributed by atoms with Crippen LogP contribution in [0.5, 0.6) is 0 Å². The summed E-state index contributed by atoms with van der Waals surface area (Å²) in [5, 5.41) is 0. The highest BCUT2D eigenvalue weighted by Gasteiger charge is 2.26. The summed E-state index contributed by atoms with van der Waals surface area (Å²) in [6.07, 6.45) is 17.0. The lowest BCUT2D eigenvalue weighted by atomic mass is 9.88. The van der Waals surface area contributed by atoms with Crippen LogP contribution in [0.15, 0.2) is 53.6 Å². The number of hydrogen-bond acceptors (Lipinski definition) is 1. The van der Waals surface area contributed by atoms with E-state index in [2.05, 4.69) is 68.2 Å². The topological polar surface area (TPSA) is 3.24 Å². The Morgan fingerprint density at radius 1 is 1.00 bits per heavy atom. The molecule has 0 aliphatic heterocycles. The predicted octanol–water partition coefficient (Wildman–Crippen LogP) is 7.37. The van der Waals surface area contributed by atoms with Crippen LogP contribution in [0.2, 0.25) is 0 Å². The van der Waals surface area contributed by atoms with Crippen molar-refractivity contribution < 1.29 is 0 Å². The lowest BCUT2D eigenvalue weighted by molar-refractivity contribution is 0.228. The van der Waals surface area contributed by atoms with E-state index in [1.165, 1.54) is 62.6 Å². The van der Waals surface area contributed by atoms with Crippen molar-refractivity contribution in [2.45, 2.75) is 71.6 Å². The van der Waals surface area contributed by atoms with Gasteiger partial charge in [-0.25, -0.2) is 0 Å². The summed E-state index contributed by atoms with van der Waals surface area (Å²) in [5.74, 6) is 2.12. The third kappa shape index (κ3) is 4.77. The largest absolute Gasteiger partial charge is 0.295 e. The number of rotatable bonds is 8. The summed E-state index contributed by atoms with van der Waals surface area (Å²) < 4.78 is 0. The van der Waals surface area contributed by atoms with Gasteiger partial charge in [-0.3, -0.25) is 4.90 Å². The highest BCUT2D eigenvalue weighted by atomic mass is 15.1. The van der Waals surface area contributed by atoms with Gasteiger partial charge in [-0.2, -0.15) is 0 Å². The van der Waals surface area contributed by atoms with Crippen molar-refractivity contribution in [2.24, 2.45) is 11.8 Å². The van der Waals surface area contributed by atoms with E-state index in [0.29, 0.717) is 11.8 Å². The fourth-order valence-electron chi connectivity index (χ4n) is 5.65. The molecule has 1 aromatic rings. The molecule has 156 valence electrons. The molecule has 0 N–H and O–H groups in total. The van der Waals surface area contributed by atoms with Crippen molar-refractivity contribution >= 4 is 5.57 Å². The van der Waals surface area contributed by atoms with Crippen LogP contribution >= 0.6 is 0 Å². The van der Waals surface area contributed by atoms with Gasteiger partial charge in [0.15, 0.2) is 0 Å². The lowest BCUT2D eigenvalue weighted by Crippen LogP contribution is -2.34. The first-order chi connectivity index (χ1) is 14.2. The molecule has 2 unspecified atom stereocenters. The molecule has 0 spiro atoms. The molecule has 1 nitrogen and oxygen atoms in total. The second-order valence-electron chi connectivity index (χ2n) is 9.72. The molecule has 1 saturated carbocycles. The van der Waals surface area contributed by atoms with E-state index >= 15 is 0 Å². The molecule has 4 rings (SSSR count). The van der Waals surface area contributed by atoms with Gasteiger partial charge in [0, 0.05) is 25.6 Å². The molecule has 0 aromatic heterocycles. The summed E-state index contributed by atoms with van der Waals surface area (Å²) in [6, 6.07) is 9.16. The molecular weight excluding hydrogens is 350 g/mol. The molecule has 1 aromatic carbocycles. The predicted molar refractivity (Wildman–Crippen MR) is 126 cm³/mol. The maximum absolute atomic E-state index is 2.78. The first-order valence-corrected chi connectivity index (χ1v) is 12.0. The Morgan fingerprint density at radius 2 is 1.79 bits per heavy atom. The SMILES string of the molecule is CCCC1C=C(CN(CC2=CC=C(C)C2C)CC2CCCCC2)c2ccccc21. The lowest BCUT2D eigenvalue weighted by Gasteiger charge is -2.31. The van der Waals surface area contributed by atoms with Gasteiger partial charge >= 0.3 is 0 Å². The summed E-state index contributed by atoms with van der Waals surface area (Å²) in [7, 11) is 0. The highest BCUT2D eigenvalue weighted by molar-refractivity contribution is 5.75. The Balaban J connectivity index is 1.52. The molecular formula is C28H39N. The molecule has 0 bridgehead atoms. The molecule has 2 atom stereocenters. The van der Waals surface area contributed by atoms with Gasteiger partial charge in [0.05, 0.1) is 0 Å². The summed E-state index contributed by atoms with van der Waals surface area (Å²) in [5.41, 5.74) is 7.78. The zero-order chi connectivity index (χ0) is 20.2. The molecule has 0 amide bonds. The monoisotopic (exact) mass is 389 g/mol. The number of allylic oxidation sites excluding steroid dienone is 4. The van der Waals surface area contributed by atoms with Crippen LogP contribution in [-0.4, -0.2) is 24.5 Å². The second-order valence-corrected chi connectivity index (χ2v) is 9.72. The number of benzene rings is 1. The maximum Gasteiger partial charge on any atom is 0.0240 e. The average molecular weight is 390 g/mol. The molecule has 0 saturated heterocycles. The van der Waals surface area contributed by atoms with Crippen LogP contribution in [0.1, 0.15) is 82.8 Å². The van der Waals surface area contributed by atoms with E-state index in [1.807, 2.05) is 0 Å². The Morgan fingerprint density at radius 3 is 2.52 bits per heavy atom. The summed E-state index contributed by atoms with van der Waals surface area (Å²) >= 11 is 0. The molecule has 0 radical (unpaired) electrons. The van der Waals surface area contributed by atoms with E-state index in [1.54, 1.807) is 16.7 Å². The smallest absolute Gasteiger partial charge is 0.0240 e. The van der Waals surface area contributed by atoms with Crippen molar-refractivity contribution in [1.29, 1.82) is 0 Å². The van der Waals surface area contributed by atoms with Crippen LogP contribution in [0.3, 0.4) is 0 Å². The van der Waals surface area contributed by atoms with Crippen molar-refractivity contribution in [3.8, 4) is 0 Å².